The topological polar surface area (TPSA) is 54.9 Å². The summed E-state index contributed by atoms with van der Waals surface area (Å²) in [5.41, 5.74) is 1.78. The molecule has 4 nitrogen and oxygen atoms in total. The minimum atomic E-state index is -0.282. The van der Waals surface area contributed by atoms with E-state index < -0.39 is 0 Å². The maximum absolute atomic E-state index is 12.1. The van der Waals surface area contributed by atoms with Crippen LogP contribution in [0.2, 0.25) is 10.0 Å². The standard InChI is InChI=1S/C15H9Cl2N3OS/c16-11-4-3-9(6-12(11)17)15-20-13(8-22-15)14(21)19-10-2-1-5-18-7-10/h1-8H,(H,19,21). The van der Waals surface area contributed by atoms with E-state index in [9.17, 15) is 4.79 Å². The summed E-state index contributed by atoms with van der Waals surface area (Å²) in [5.74, 6) is -0.282. The fourth-order valence-corrected chi connectivity index (χ4v) is 2.87. The van der Waals surface area contributed by atoms with Gasteiger partial charge in [-0.05, 0) is 24.3 Å². The highest BCUT2D eigenvalue weighted by Gasteiger charge is 2.13. The average molecular weight is 350 g/mol. The van der Waals surface area contributed by atoms with Crippen LogP contribution in [0.15, 0.2) is 48.1 Å². The lowest BCUT2D eigenvalue weighted by atomic mass is 10.2. The largest absolute Gasteiger partial charge is 0.319 e. The van der Waals surface area contributed by atoms with Crippen molar-refractivity contribution in [2.45, 2.75) is 0 Å². The van der Waals surface area contributed by atoms with E-state index in [4.69, 9.17) is 23.2 Å². The van der Waals surface area contributed by atoms with Gasteiger partial charge < -0.3 is 5.32 Å². The van der Waals surface area contributed by atoms with Crippen molar-refractivity contribution in [1.29, 1.82) is 0 Å². The average Bonchev–Trinajstić information content (AvgIpc) is 3.01. The van der Waals surface area contributed by atoms with Gasteiger partial charge in [0.2, 0.25) is 0 Å². The maximum Gasteiger partial charge on any atom is 0.275 e. The van der Waals surface area contributed by atoms with Gasteiger partial charge in [-0.1, -0.05) is 29.3 Å². The number of rotatable bonds is 3. The first-order valence-electron chi connectivity index (χ1n) is 6.26. The number of nitrogens with one attached hydrogen (secondary N) is 1. The second kappa shape index (κ2) is 6.44. The molecule has 2 aromatic heterocycles. The summed E-state index contributed by atoms with van der Waals surface area (Å²) in [6, 6.07) is 8.76. The van der Waals surface area contributed by atoms with Crippen molar-refractivity contribution in [3.63, 3.8) is 0 Å². The van der Waals surface area contributed by atoms with Crippen LogP contribution >= 0.6 is 34.5 Å². The van der Waals surface area contributed by atoms with Crippen LogP contribution in [-0.2, 0) is 0 Å². The zero-order valence-electron chi connectivity index (χ0n) is 11.1. The van der Waals surface area contributed by atoms with Gasteiger partial charge in [-0.3, -0.25) is 9.78 Å². The van der Waals surface area contributed by atoms with Crippen LogP contribution in [-0.4, -0.2) is 15.9 Å². The van der Waals surface area contributed by atoms with Crippen molar-refractivity contribution in [1.82, 2.24) is 9.97 Å². The van der Waals surface area contributed by atoms with Gasteiger partial charge in [0, 0.05) is 17.1 Å². The van der Waals surface area contributed by atoms with E-state index in [2.05, 4.69) is 15.3 Å². The number of hydrogen-bond donors (Lipinski definition) is 1. The normalized spacial score (nSPS) is 10.5. The fourth-order valence-electron chi connectivity index (χ4n) is 1.77. The number of halogens is 2. The first-order chi connectivity index (χ1) is 10.6. The highest BCUT2D eigenvalue weighted by Crippen LogP contribution is 2.30. The number of anilines is 1. The Kier molecular flexibility index (Phi) is 4.38. The Morgan fingerprint density at radius 1 is 1.18 bits per heavy atom. The van der Waals surface area contributed by atoms with E-state index >= 15 is 0 Å². The summed E-state index contributed by atoms with van der Waals surface area (Å²) < 4.78 is 0. The van der Waals surface area contributed by atoms with Crippen LogP contribution in [0.4, 0.5) is 5.69 Å². The Morgan fingerprint density at radius 3 is 2.77 bits per heavy atom. The van der Waals surface area contributed by atoms with Crippen molar-refractivity contribution in [2.24, 2.45) is 0 Å². The Labute approximate surface area is 140 Å². The molecular formula is C15H9Cl2N3OS. The Bertz CT molecular complexity index is 821. The molecule has 0 atom stereocenters. The minimum absolute atomic E-state index is 0.282. The first kappa shape index (κ1) is 15.0. The quantitative estimate of drug-likeness (QED) is 0.741. The van der Waals surface area contributed by atoms with Crippen molar-refractivity contribution >= 4 is 46.1 Å². The number of pyridine rings is 1. The number of thiazole rings is 1. The molecule has 1 aromatic carbocycles. The molecule has 3 aromatic rings. The molecule has 3 rings (SSSR count). The van der Waals surface area contributed by atoms with E-state index in [0.717, 1.165) is 5.56 Å². The van der Waals surface area contributed by atoms with Crippen molar-refractivity contribution < 1.29 is 4.79 Å². The van der Waals surface area contributed by atoms with Gasteiger partial charge in [0.15, 0.2) is 0 Å². The van der Waals surface area contributed by atoms with Crippen LogP contribution in [0, 0.1) is 0 Å². The first-order valence-corrected chi connectivity index (χ1v) is 7.89. The van der Waals surface area contributed by atoms with Crippen molar-refractivity contribution in [3.8, 4) is 10.6 Å². The predicted molar refractivity (Wildman–Crippen MR) is 89.8 cm³/mol. The summed E-state index contributed by atoms with van der Waals surface area (Å²) in [6.45, 7) is 0. The molecule has 110 valence electrons. The molecule has 0 aliphatic rings. The molecule has 0 fully saturated rings. The molecule has 0 saturated carbocycles. The molecule has 0 bridgehead atoms. The summed E-state index contributed by atoms with van der Waals surface area (Å²) in [4.78, 5) is 20.4. The molecule has 0 saturated heterocycles. The number of benzene rings is 1. The van der Waals surface area contributed by atoms with Gasteiger partial charge in [-0.25, -0.2) is 4.98 Å². The number of carbonyl (C=O) groups excluding carboxylic acids is 1. The highest BCUT2D eigenvalue weighted by atomic mass is 35.5. The summed E-state index contributed by atoms with van der Waals surface area (Å²) in [5, 5.41) is 6.08. The van der Waals surface area contributed by atoms with Crippen molar-refractivity contribution in [3.05, 3.63) is 63.8 Å². The van der Waals surface area contributed by atoms with Gasteiger partial charge >= 0.3 is 0 Å². The molecule has 22 heavy (non-hydrogen) atoms. The molecule has 0 aliphatic heterocycles. The van der Waals surface area contributed by atoms with Crippen LogP contribution in [0.3, 0.4) is 0 Å². The molecule has 1 amide bonds. The molecular weight excluding hydrogens is 341 g/mol. The predicted octanol–water partition coefficient (Wildman–Crippen LogP) is 4.76. The maximum atomic E-state index is 12.1. The van der Waals surface area contributed by atoms with Crippen molar-refractivity contribution in [2.75, 3.05) is 5.32 Å². The SMILES string of the molecule is O=C(Nc1cccnc1)c1csc(-c2ccc(Cl)c(Cl)c2)n1. The van der Waals surface area contributed by atoms with Gasteiger partial charge in [-0.2, -0.15) is 0 Å². The molecule has 0 spiro atoms. The molecule has 0 unspecified atom stereocenters. The second-order valence-corrected chi connectivity index (χ2v) is 6.04. The van der Waals surface area contributed by atoms with E-state index in [1.807, 2.05) is 6.07 Å². The van der Waals surface area contributed by atoms with Gasteiger partial charge in [0.05, 0.1) is 21.9 Å². The second-order valence-electron chi connectivity index (χ2n) is 4.36. The van der Waals surface area contributed by atoms with Crippen LogP contribution in [0.1, 0.15) is 10.5 Å². The number of hydrogen-bond acceptors (Lipinski definition) is 4. The number of nitrogens with zero attached hydrogens (tertiary/aromatic N) is 2. The number of amides is 1. The minimum Gasteiger partial charge on any atom is -0.319 e. The third-order valence-electron chi connectivity index (χ3n) is 2.82. The summed E-state index contributed by atoms with van der Waals surface area (Å²) >= 11 is 13.3. The smallest absolute Gasteiger partial charge is 0.275 e. The van der Waals surface area contributed by atoms with Gasteiger partial charge in [0.1, 0.15) is 10.7 Å². The van der Waals surface area contributed by atoms with E-state index in [0.29, 0.717) is 26.4 Å². The Morgan fingerprint density at radius 2 is 2.05 bits per heavy atom. The van der Waals surface area contributed by atoms with Gasteiger partial charge in [-0.15, -0.1) is 11.3 Å². The van der Waals surface area contributed by atoms with Crippen LogP contribution in [0.25, 0.3) is 10.6 Å². The van der Waals surface area contributed by atoms with Crippen LogP contribution in [0.5, 0.6) is 0 Å². The fraction of sp³-hybridized carbons (Fsp3) is 0. The summed E-state index contributed by atoms with van der Waals surface area (Å²) in [6.07, 6.45) is 3.21. The van der Waals surface area contributed by atoms with Gasteiger partial charge in [0.25, 0.3) is 5.91 Å². The Hall–Kier alpha value is -1.95. The van der Waals surface area contributed by atoms with E-state index in [1.54, 1.807) is 42.0 Å². The van der Waals surface area contributed by atoms with E-state index in [-0.39, 0.29) is 5.91 Å². The van der Waals surface area contributed by atoms with E-state index in [1.165, 1.54) is 11.3 Å². The number of aromatic nitrogens is 2. The molecule has 2 heterocycles. The third-order valence-corrected chi connectivity index (χ3v) is 4.45. The monoisotopic (exact) mass is 349 g/mol. The lowest BCUT2D eigenvalue weighted by Gasteiger charge is -2.01. The third kappa shape index (κ3) is 3.27. The zero-order chi connectivity index (χ0) is 15.5. The molecule has 0 radical (unpaired) electrons. The van der Waals surface area contributed by atoms with Crippen LogP contribution < -0.4 is 5.32 Å². The number of carbonyl (C=O) groups is 1. The highest BCUT2D eigenvalue weighted by molar-refractivity contribution is 7.13. The molecule has 0 aliphatic carbocycles. The zero-order valence-corrected chi connectivity index (χ0v) is 13.4. The molecule has 1 N–H and O–H groups in total. The summed E-state index contributed by atoms with van der Waals surface area (Å²) in [7, 11) is 0. The Balaban J connectivity index is 1.81. The molecule has 7 heteroatoms. The lowest BCUT2D eigenvalue weighted by molar-refractivity contribution is 0.102. The lowest BCUT2D eigenvalue weighted by Crippen LogP contribution is -2.12.